The maximum absolute atomic E-state index is 5.72. The molecule has 0 fully saturated rings. The molecule has 2 aromatic rings. The van der Waals surface area contributed by atoms with Crippen LogP contribution in [-0.2, 0) is 6.42 Å². The van der Waals surface area contributed by atoms with E-state index in [2.05, 4.69) is 25.1 Å². The molecule has 0 aliphatic rings. The third kappa shape index (κ3) is 3.52. The minimum absolute atomic E-state index is 0.690. The van der Waals surface area contributed by atoms with E-state index in [1.807, 2.05) is 30.3 Å². The van der Waals surface area contributed by atoms with Crippen molar-refractivity contribution in [1.29, 1.82) is 0 Å². The summed E-state index contributed by atoms with van der Waals surface area (Å²) in [5.74, 6) is 1.82. The van der Waals surface area contributed by atoms with Crippen LogP contribution in [0.5, 0.6) is 11.5 Å². The molecular formula is C16H18O2. The zero-order chi connectivity index (χ0) is 12.8. The van der Waals surface area contributed by atoms with Crippen molar-refractivity contribution >= 4 is 0 Å². The van der Waals surface area contributed by atoms with Gasteiger partial charge in [0.2, 0.25) is 0 Å². The molecule has 0 heterocycles. The van der Waals surface area contributed by atoms with Crippen molar-refractivity contribution in [3.05, 3.63) is 59.7 Å². The maximum Gasteiger partial charge on any atom is 0.119 e. The minimum Gasteiger partial charge on any atom is -0.497 e. The Balaban J connectivity index is 1.84. The second-order valence-corrected chi connectivity index (χ2v) is 4.26. The quantitative estimate of drug-likeness (QED) is 0.797. The van der Waals surface area contributed by atoms with Crippen molar-refractivity contribution < 1.29 is 9.47 Å². The van der Waals surface area contributed by atoms with Gasteiger partial charge in [0.25, 0.3) is 0 Å². The van der Waals surface area contributed by atoms with Crippen molar-refractivity contribution in [2.45, 2.75) is 13.3 Å². The summed E-state index contributed by atoms with van der Waals surface area (Å²) < 4.78 is 10.8. The molecule has 0 saturated carbocycles. The summed E-state index contributed by atoms with van der Waals surface area (Å²) in [5.41, 5.74) is 2.47. The lowest BCUT2D eigenvalue weighted by Crippen LogP contribution is -2.01. The van der Waals surface area contributed by atoms with Gasteiger partial charge in [0.1, 0.15) is 11.5 Å². The predicted octanol–water partition coefficient (Wildman–Crippen LogP) is 3.63. The van der Waals surface area contributed by atoms with Crippen LogP contribution in [0.1, 0.15) is 11.1 Å². The molecule has 0 amide bonds. The van der Waals surface area contributed by atoms with Crippen LogP contribution in [0.3, 0.4) is 0 Å². The highest BCUT2D eigenvalue weighted by atomic mass is 16.5. The summed E-state index contributed by atoms with van der Waals surface area (Å²) >= 11 is 0. The number of hydrogen-bond acceptors (Lipinski definition) is 2. The van der Waals surface area contributed by atoms with E-state index in [0.29, 0.717) is 6.61 Å². The molecule has 2 nitrogen and oxygen atoms in total. The summed E-state index contributed by atoms with van der Waals surface area (Å²) in [4.78, 5) is 0. The SMILES string of the molecule is COc1ccc(CCOc2cccc(C)c2)cc1. The van der Waals surface area contributed by atoms with Crippen LogP contribution in [0, 0.1) is 6.92 Å². The molecule has 0 N–H and O–H groups in total. The second-order valence-electron chi connectivity index (χ2n) is 4.26. The highest BCUT2D eigenvalue weighted by molar-refractivity contribution is 5.28. The third-order valence-corrected chi connectivity index (χ3v) is 2.81. The maximum atomic E-state index is 5.72. The third-order valence-electron chi connectivity index (χ3n) is 2.81. The van der Waals surface area contributed by atoms with Crippen LogP contribution in [0.2, 0.25) is 0 Å². The average Bonchev–Trinajstić information content (AvgIpc) is 2.40. The first-order valence-corrected chi connectivity index (χ1v) is 6.10. The van der Waals surface area contributed by atoms with Gasteiger partial charge in [-0.15, -0.1) is 0 Å². The molecule has 0 bridgehead atoms. The van der Waals surface area contributed by atoms with Gasteiger partial charge in [-0.25, -0.2) is 0 Å². The fourth-order valence-electron chi connectivity index (χ4n) is 1.78. The van der Waals surface area contributed by atoms with Gasteiger partial charge in [-0.2, -0.15) is 0 Å². The molecule has 0 aliphatic heterocycles. The molecule has 2 rings (SSSR count). The van der Waals surface area contributed by atoms with Crippen LogP contribution >= 0.6 is 0 Å². The molecule has 0 unspecified atom stereocenters. The Labute approximate surface area is 108 Å². The Morgan fingerprint density at radius 3 is 2.39 bits per heavy atom. The van der Waals surface area contributed by atoms with E-state index >= 15 is 0 Å². The number of benzene rings is 2. The fraction of sp³-hybridized carbons (Fsp3) is 0.250. The van der Waals surface area contributed by atoms with Gasteiger partial charge in [0.15, 0.2) is 0 Å². The first kappa shape index (κ1) is 12.5. The zero-order valence-corrected chi connectivity index (χ0v) is 10.8. The van der Waals surface area contributed by atoms with Crippen molar-refractivity contribution in [3.63, 3.8) is 0 Å². The van der Waals surface area contributed by atoms with Crippen molar-refractivity contribution in [3.8, 4) is 11.5 Å². The van der Waals surface area contributed by atoms with Gasteiger partial charge in [-0.1, -0.05) is 24.3 Å². The molecule has 0 aromatic heterocycles. The predicted molar refractivity (Wildman–Crippen MR) is 73.4 cm³/mol. The Kier molecular flexibility index (Phi) is 4.24. The fourth-order valence-corrected chi connectivity index (χ4v) is 1.78. The van der Waals surface area contributed by atoms with E-state index in [-0.39, 0.29) is 0 Å². The van der Waals surface area contributed by atoms with Gasteiger partial charge in [-0.3, -0.25) is 0 Å². The largest absolute Gasteiger partial charge is 0.497 e. The summed E-state index contributed by atoms with van der Waals surface area (Å²) in [7, 11) is 1.68. The van der Waals surface area contributed by atoms with Crippen LogP contribution in [-0.4, -0.2) is 13.7 Å². The van der Waals surface area contributed by atoms with E-state index < -0.39 is 0 Å². The number of rotatable bonds is 5. The molecule has 94 valence electrons. The number of hydrogen-bond donors (Lipinski definition) is 0. The van der Waals surface area contributed by atoms with E-state index in [9.17, 15) is 0 Å². The molecule has 2 aromatic carbocycles. The lowest BCUT2D eigenvalue weighted by atomic mass is 10.1. The Bertz CT molecular complexity index is 489. The van der Waals surface area contributed by atoms with Gasteiger partial charge in [0.05, 0.1) is 13.7 Å². The smallest absolute Gasteiger partial charge is 0.119 e. The minimum atomic E-state index is 0.690. The molecule has 0 aliphatic carbocycles. The normalized spacial score (nSPS) is 10.1. The summed E-state index contributed by atoms with van der Waals surface area (Å²) in [6.45, 7) is 2.76. The lowest BCUT2D eigenvalue weighted by molar-refractivity contribution is 0.321. The van der Waals surface area contributed by atoms with Crippen LogP contribution in [0.15, 0.2) is 48.5 Å². The van der Waals surface area contributed by atoms with E-state index in [1.165, 1.54) is 11.1 Å². The van der Waals surface area contributed by atoms with Gasteiger partial charge in [0, 0.05) is 6.42 Å². The number of ether oxygens (including phenoxy) is 2. The molecule has 0 saturated heterocycles. The molecule has 0 spiro atoms. The first-order chi connectivity index (χ1) is 8.78. The number of aryl methyl sites for hydroxylation is 1. The van der Waals surface area contributed by atoms with Gasteiger partial charge < -0.3 is 9.47 Å². The lowest BCUT2D eigenvalue weighted by Gasteiger charge is -2.07. The highest BCUT2D eigenvalue weighted by Crippen LogP contribution is 2.14. The Morgan fingerprint density at radius 1 is 0.944 bits per heavy atom. The average molecular weight is 242 g/mol. The molecular weight excluding hydrogens is 224 g/mol. The molecule has 2 heteroatoms. The molecule has 0 radical (unpaired) electrons. The molecule has 0 atom stereocenters. The van der Waals surface area contributed by atoms with Gasteiger partial charge in [-0.05, 0) is 42.3 Å². The topological polar surface area (TPSA) is 18.5 Å². The Hall–Kier alpha value is -1.96. The van der Waals surface area contributed by atoms with E-state index in [4.69, 9.17) is 9.47 Å². The van der Waals surface area contributed by atoms with Crippen molar-refractivity contribution in [1.82, 2.24) is 0 Å². The van der Waals surface area contributed by atoms with Gasteiger partial charge >= 0.3 is 0 Å². The van der Waals surface area contributed by atoms with Crippen LogP contribution in [0.4, 0.5) is 0 Å². The summed E-state index contributed by atoms with van der Waals surface area (Å²) in [5, 5.41) is 0. The number of methoxy groups -OCH3 is 1. The Morgan fingerprint density at radius 2 is 1.72 bits per heavy atom. The van der Waals surface area contributed by atoms with E-state index in [1.54, 1.807) is 7.11 Å². The molecule has 18 heavy (non-hydrogen) atoms. The monoisotopic (exact) mass is 242 g/mol. The van der Waals surface area contributed by atoms with Crippen molar-refractivity contribution in [2.75, 3.05) is 13.7 Å². The van der Waals surface area contributed by atoms with Crippen LogP contribution < -0.4 is 9.47 Å². The van der Waals surface area contributed by atoms with E-state index in [0.717, 1.165) is 17.9 Å². The first-order valence-electron chi connectivity index (χ1n) is 6.10. The second kappa shape index (κ2) is 6.10. The summed E-state index contributed by atoms with van der Waals surface area (Å²) in [6, 6.07) is 16.2. The van der Waals surface area contributed by atoms with Crippen molar-refractivity contribution in [2.24, 2.45) is 0 Å². The van der Waals surface area contributed by atoms with Crippen LogP contribution in [0.25, 0.3) is 0 Å². The zero-order valence-electron chi connectivity index (χ0n) is 10.8. The standard InChI is InChI=1S/C16H18O2/c1-13-4-3-5-16(12-13)18-11-10-14-6-8-15(17-2)9-7-14/h3-9,12H,10-11H2,1-2H3. The highest BCUT2D eigenvalue weighted by Gasteiger charge is 1.97. The summed E-state index contributed by atoms with van der Waals surface area (Å²) in [6.07, 6.45) is 0.901.